The molecule has 0 saturated heterocycles. The number of aryl methyl sites for hydroxylation is 3. The van der Waals surface area contributed by atoms with Gasteiger partial charge in [0.1, 0.15) is 0 Å². The van der Waals surface area contributed by atoms with Crippen molar-refractivity contribution < 1.29 is 9.59 Å². The third-order valence-electron chi connectivity index (χ3n) is 3.53. The van der Waals surface area contributed by atoms with E-state index in [0.717, 1.165) is 41.6 Å². The maximum absolute atomic E-state index is 12.6. The van der Waals surface area contributed by atoms with Gasteiger partial charge in [0.05, 0.1) is 13.1 Å². The Bertz CT molecular complexity index is 501. The standard InChI is InChI=1S/C17H26N2O2/c1-5-6-7-19(11-16(18)21)10-15(20)17-13(3)8-12(2)9-14(17)4/h8-9H,5-7,10-11H2,1-4H3,(H2,18,21). The molecule has 1 aromatic rings. The maximum Gasteiger partial charge on any atom is 0.231 e. The number of carbonyl (C=O) groups is 2. The summed E-state index contributed by atoms with van der Waals surface area (Å²) in [5.41, 5.74) is 9.18. The Morgan fingerprint density at radius 2 is 1.67 bits per heavy atom. The second kappa shape index (κ2) is 7.93. The van der Waals surface area contributed by atoms with E-state index < -0.39 is 5.91 Å². The van der Waals surface area contributed by atoms with E-state index in [4.69, 9.17) is 5.73 Å². The molecular formula is C17H26N2O2. The second-order valence-corrected chi connectivity index (χ2v) is 5.73. The van der Waals surface area contributed by atoms with Crippen molar-refractivity contribution in [1.29, 1.82) is 0 Å². The lowest BCUT2D eigenvalue weighted by molar-refractivity contribution is -0.119. The normalized spacial score (nSPS) is 10.9. The second-order valence-electron chi connectivity index (χ2n) is 5.73. The maximum atomic E-state index is 12.6. The van der Waals surface area contributed by atoms with E-state index >= 15 is 0 Å². The number of primary amides is 1. The summed E-state index contributed by atoms with van der Waals surface area (Å²) in [6, 6.07) is 4.04. The Labute approximate surface area is 127 Å². The molecule has 4 nitrogen and oxygen atoms in total. The number of Topliss-reactive ketones (excluding diaryl/α,β-unsaturated/α-hetero) is 1. The first-order valence-corrected chi connectivity index (χ1v) is 7.46. The first kappa shape index (κ1) is 17.4. The molecule has 0 aliphatic rings. The monoisotopic (exact) mass is 290 g/mol. The number of rotatable bonds is 8. The van der Waals surface area contributed by atoms with Crippen molar-refractivity contribution >= 4 is 11.7 Å². The molecule has 1 rings (SSSR count). The number of benzene rings is 1. The Morgan fingerprint density at radius 3 is 2.14 bits per heavy atom. The van der Waals surface area contributed by atoms with Crippen LogP contribution in [0.1, 0.15) is 46.8 Å². The number of ketones is 1. The number of unbranched alkanes of at least 4 members (excludes halogenated alkanes) is 1. The zero-order valence-corrected chi connectivity index (χ0v) is 13.5. The van der Waals surface area contributed by atoms with Gasteiger partial charge in [-0.25, -0.2) is 0 Å². The number of amides is 1. The summed E-state index contributed by atoms with van der Waals surface area (Å²) in [4.78, 5) is 25.5. The number of carbonyl (C=O) groups excluding carboxylic acids is 2. The van der Waals surface area contributed by atoms with Crippen LogP contribution in [0, 0.1) is 20.8 Å². The molecule has 0 unspecified atom stereocenters. The summed E-state index contributed by atoms with van der Waals surface area (Å²) < 4.78 is 0. The van der Waals surface area contributed by atoms with E-state index in [1.165, 1.54) is 0 Å². The minimum absolute atomic E-state index is 0.0577. The molecule has 0 spiro atoms. The smallest absolute Gasteiger partial charge is 0.231 e. The van der Waals surface area contributed by atoms with Gasteiger partial charge in [0.2, 0.25) is 5.91 Å². The number of hydrogen-bond acceptors (Lipinski definition) is 3. The predicted octanol–water partition coefficient (Wildman–Crippen LogP) is 2.38. The molecule has 0 radical (unpaired) electrons. The van der Waals surface area contributed by atoms with Gasteiger partial charge < -0.3 is 5.73 Å². The van der Waals surface area contributed by atoms with E-state index in [9.17, 15) is 9.59 Å². The first-order valence-electron chi connectivity index (χ1n) is 7.46. The molecule has 0 aliphatic carbocycles. The minimum Gasteiger partial charge on any atom is -0.369 e. The summed E-state index contributed by atoms with van der Waals surface area (Å²) in [6.07, 6.45) is 1.97. The van der Waals surface area contributed by atoms with Crippen LogP contribution in [0.2, 0.25) is 0 Å². The van der Waals surface area contributed by atoms with Crippen LogP contribution >= 0.6 is 0 Å². The van der Waals surface area contributed by atoms with Crippen molar-refractivity contribution in [2.24, 2.45) is 5.73 Å². The van der Waals surface area contributed by atoms with Gasteiger partial charge in [-0.05, 0) is 44.9 Å². The average molecular weight is 290 g/mol. The molecule has 4 heteroatoms. The lowest BCUT2D eigenvalue weighted by Gasteiger charge is -2.20. The largest absolute Gasteiger partial charge is 0.369 e. The fraction of sp³-hybridized carbons (Fsp3) is 0.529. The minimum atomic E-state index is -0.392. The number of hydrogen-bond donors (Lipinski definition) is 1. The van der Waals surface area contributed by atoms with Crippen LogP contribution in [0.4, 0.5) is 0 Å². The predicted molar refractivity (Wildman–Crippen MR) is 85.5 cm³/mol. The van der Waals surface area contributed by atoms with Gasteiger partial charge in [-0.2, -0.15) is 0 Å². The van der Waals surface area contributed by atoms with E-state index in [0.29, 0.717) is 0 Å². The van der Waals surface area contributed by atoms with Crippen molar-refractivity contribution in [3.8, 4) is 0 Å². The van der Waals surface area contributed by atoms with Gasteiger partial charge in [-0.3, -0.25) is 14.5 Å². The number of nitrogens with two attached hydrogens (primary N) is 1. The van der Waals surface area contributed by atoms with Crippen molar-refractivity contribution in [3.05, 3.63) is 34.4 Å². The van der Waals surface area contributed by atoms with Crippen molar-refractivity contribution in [2.45, 2.75) is 40.5 Å². The van der Waals surface area contributed by atoms with E-state index in [1.54, 1.807) is 0 Å². The number of nitrogens with zero attached hydrogens (tertiary/aromatic N) is 1. The average Bonchev–Trinajstić information content (AvgIpc) is 2.33. The SMILES string of the molecule is CCCCN(CC(N)=O)CC(=O)c1c(C)cc(C)cc1C. The Balaban J connectivity index is 2.88. The molecule has 0 aliphatic heterocycles. The quantitative estimate of drug-likeness (QED) is 0.748. The first-order chi connectivity index (χ1) is 9.85. The van der Waals surface area contributed by atoms with Crippen molar-refractivity contribution in [2.75, 3.05) is 19.6 Å². The van der Waals surface area contributed by atoms with Crippen molar-refractivity contribution in [3.63, 3.8) is 0 Å². The topological polar surface area (TPSA) is 63.4 Å². The summed E-state index contributed by atoms with van der Waals surface area (Å²) in [5, 5.41) is 0. The van der Waals surface area contributed by atoms with Crippen LogP contribution in [0.5, 0.6) is 0 Å². The van der Waals surface area contributed by atoms with Gasteiger partial charge >= 0.3 is 0 Å². The van der Waals surface area contributed by atoms with Crippen molar-refractivity contribution in [1.82, 2.24) is 4.90 Å². The van der Waals surface area contributed by atoms with Gasteiger partial charge in [0.15, 0.2) is 5.78 Å². The molecule has 1 aromatic carbocycles. The van der Waals surface area contributed by atoms with Gasteiger partial charge in [-0.15, -0.1) is 0 Å². The Hall–Kier alpha value is -1.68. The van der Waals surface area contributed by atoms with Crippen LogP contribution in [0.15, 0.2) is 12.1 Å². The summed E-state index contributed by atoms with van der Waals surface area (Å²) in [6.45, 7) is 9.11. The highest BCUT2D eigenvalue weighted by Crippen LogP contribution is 2.17. The zero-order valence-electron chi connectivity index (χ0n) is 13.5. The highest BCUT2D eigenvalue weighted by atomic mass is 16.1. The molecule has 0 aromatic heterocycles. The molecular weight excluding hydrogens is 264 g/mol. The molecule has 0 fully saturated rings. The molecule has 1 amide bonds. The molecule has 2 N–H and O–H groups in total. The van der Waals surface area contributed by atoms with E-state index in [2.05, 4.69) is 6.92 Å². The Kier molecular flexibility index (Phi) is 6.56. The molecule has 0 bridgehead atoms. The highest BCUT2D eigenvalue weighted by molar-refractivity contribution is 6.00. The van der Waals surface area contributed by atoms with Crippen LogP contribution < -0.4 is 5.73 Å². The van der Waals surface area contributed by atoms with Crippen LogP contribution in [-0.2, 0) is 4.79 Å². The molecule has 0 saturated carbocycles. The van der Waals surface area contributed by atoms with E-state index in [1.807, 2.05) is 37.8 Å². The molecule has 0 atom stereocenters. The fourth-order valence-corrected chi connectivity index (χ4v) is 2.72. The van der Waals surface area contributed by atoms with E-state index in [-0.39, 0.29) is 18.9 Å². The lowest BCUT2D eigenvalue weighted by atomic mass is 9.96. The van der Waals surface area contributed by atoms with Crippen LogP contribution in [-0.4, -0.2) is 36.2 Å². The van der Waals surface area contributed by atoms with Crippen LogP contribution in [0.3, 0.4) is 0 Å². The zero-order chi connectivity index (χ0) is 16.0. The van der Waals surface area contributed by atoms with Gasteiger partial charge in [0.25, 0.3) is 0 Å². The lowest BCUT2D eigenvalue weighted by Crippen LogP contribution is -2.38. The summed E-state index contributed by atoms with van der Waals surface area (Å²) in [7, 11) is 0. The molecule has 116 valence electrons. The van der Waals surface area contributed by atoms with Gasteiger partial charge in [-0.1, -0.05) is 31.0 Å². The highest BCUT2D eigenvalue weighted by Gasteiger charge is 2.17. The molecule has 21 heavy (non-hydrogen) atoms. The Morgan fingerprint density at radius 1 is 1.10 bits per heavy atom. The summed E-state index contributed by atoms with van der Waals surface area (Å²) in [5.74, 6) is -0.335. The third kappa shape index (κ3) is 5.31. The fourth-order valence-electron chi connectivity index (χ4n) is 2.72. The van der Waals surface area contributed by atoms with Crippen LogP contribution in [0.25, 0.3) is 0 Å². The summed E-state index contributed by atoms with van der Waals surface area (Å²) >= 11 is 0. The molecule has 0 heterocycles. The van der Waals surface area contributed by atoms with Gasteiger partial charge in [0, 0.05) is 5.56 Å². The third-order valence-corrected chi connectivity index (χ3v) is 3.53.